The van der Waals surface area contributed by atoms with Crippen LogP contribution < -0.4 is 11.6 Å². The fourth-order valence-electron chi connectivity index (χ4n) is 3.83. The number of hydrazine groups is 1. The average Bonchev–Trinajstić information content (AvgIpc) is 3.52. The predicted molar refractivity (Wildman–Crippen MR) is 125 cm³/mol. The first-order valence-corrected chi connectivity index (χ1v) is 11.1. The Kier molecular flexibility index (Phi) is 6.36. The van der Waals surface area contributed by atoms with Crippen molar-refractivity contribution < 1.29 is 13.9 Å². The van der Waals surface area contributed by atoms with Crippen molar-refractivity contribution in [1.82, 2.24) is 14.5 Å². The van der Waals surface area contributed by atoms with E-state index in [-0.39, 0.29) is 17.4 Å². The highest BCUT2D eigenvalue weighted by molar-refractivity contribution is 5.98. The molecule has 33 heavy (non-hydrogen) atoms. The Morgan fingerprint density at radius 2 is 2.06 bits per heavy atom. The zero-order valence-electron chi connectivity index (χ0n) is 18.9. The molecule has 1 aliphatic rings. The lowest BCUT2D eigenvalue weighted by atomic mass is 9.99. The molecule has 1 aliphatic carbocycles. The van der Waals surface area contributed by atoms with Gasteiger partial charge in [-0.1, -0.05) is 12.1 Å². The number of hydrogen-bond acceptors (Lipinski definition) is 5. The third-order valence-corrected chi connectivity index (χ3v) is 5.84. The third-order valence-electron chi connectivity index (χ3n) is 5.84. The van der Waals surface area contributed by atoms with Crippen molar-refractivity contribution >= 4 is 11.5 Å². The van der Waals surface area contributed by atoms with Gasteiger partial charge in [-0.15, -0.1) is 5.10 Å². The van der Waals surface area contributed by atoms with Crippen LogP contribution in [-0.4, -0.2) is 37.1 Å². The van der Waals surface area contributed by atoms with Crippen LogP contribution in [-0.2, 0) is 6.42 Å². The van der Waals surface area contributed by atoms with E-state index in [1.54, 1.807) is 30.5 Å². The van der Waals surface area contributed by atoms with Crippen molar-refractivity contribution in [1.29, 1.82) is 0 Å². The number of fused-ring (bicyclic) bond motifs is 1. The Labute approximate surface area is 191 Å². The van der Waals surface area contributed by atoms with Gasteiger partial charge in [0.15, 0.2) is 5.84 Å². The first-order valence-electron chi connectivity index (χ1n) is 11.1. The van der Waals surface area contributed by atoms with E-state index in [0.717, 1.165) is 31.2 Å². The van der Waals surface area contributed by atoms with Gasteiger partial charge >= 0.3 is 0 Å². The second-order valence-corrected chi connectivity index (χ2v) is 9.27. The summed E-state index contributed by atoms with van der Waals surface area (Å²) in [6.45, 7) is 3.58. The van der Waals surface area contributed by atoms with Gasteiger partial charge in [-0.05, 0) is 69.7 Å². The maximum atomic E-state index is 13.8. The normalized spacial score (nSPS) is 14.9. The number of alkyl halides is 2. The molecule has 7 nitrogen and oxygen atoms in total. The number of pyridine rings is 1. The summed E-state index contributed by atoms with van der Waals surface area (Å²) in [5, 5.41) is 15.4. The van der Waals surface area contributed by atoms with Crippen LogP contribution >= 0.6 is 0 Å². The Hall–Kier alpha value is -3.04. The number of aromatic nitrogens is 2. The van der Waals surface area contributed by atoms with Gasteiger partial charge in [0.2, 0.25) is 0 Å². The maximum Gasteiger partial charge on any atom is 0.264 e. The number of imidazole rings is 1. The average molecular weight is 457 g/mol. The lowest BCUT2D eigenvalue weighted by Gasteiger charge is -2.16. The number of aryl methyl sites for hydroxylation is 1. The van der Waals surface area contributed by atoms with Crippen LogP contribution in [0.4, 0.5) is 8.78 Å². The van der Waals surface area contributed by atoms with Crippen LogP contribution in [0.1, 0.15) is 62.6 Å². The molecular weight excluding hydrogens is 426 g/mol. The Morgan fingerprint density at radius 1 is 1.30 bits per heavy atom. The van der Waals surface area contributed by atoms with Gasteiger partial charge in [-0.2, -0.15) is 0 Å². The van der Waals surface area contributed by atoms with Gasteiger partial charge in [0.1, 0.15) is 5.65 Å². The van der Waals surface area contributed by atoms with Crippen LogP contribution in [0.3, 0.4) is 0 Å². The van der Waals surface area contributed by atoms with Gasteiger partial charge in [-0.25, -0.2) is 24.7 Å². The minimum atomic E-state index is -2.66. The summed E-state index contributed by atoms with van der Waals surface area (Å²) in [5.41, 5.74) is 8.47. The van der Waals surface area contributed by atoms with E-state index in [1.807, 2.05) is 18.3 Å². The third kappa shape index (κ3) is 5.48. The zero-order chi connectivity index (χ0) is 23.8. The number of aliphatic hydroxyl groups is 1. The van der Waals surface area contributed by atoms with Gasteiger partial charge < -0.3 is 10.8 Å². The number of nitrogens with two attached hydrogens (primary N) is 2. The number of hydrogen-bond donors (Lipinski definition) is 3. The molecular formula is C24H30F2N6O. The second kappa shape index (κ2) is 9.07. The first kappa shape index (κ1) is 23.1. The van der Waals surface area contributed by atoms with Gasteiger partial charge in [0.05, 0.1) is 23.5 Å². The molecule has 0 bridgehead atoms. The molecule has 2 aromatic heterocycles. The van der Waals surface area contributed by atoms with Crippen molar-refractivity contribution in [3.8, 4) is 11.3 Å². The molecule has 0 aliphatic heterocycles. The molecule has 5 N–H and O–H groups in total. The number of hydrazone groups is 1. The van der Waals surface area contributed by atoms with Crippen LogP contribution in [0.15, 0.2) is 47.8 Å². The summed E-state index contributed by atoms with van der Waals surface area (Å²) in [6, 6.07) is 8.60. The molecule has 4 rings (SSSR count). The van der Waals surface area contributed by atoms with Crippen molar-refractivity contribution in [3.05, 3.63) is 59.4 Å². The van der Waals surface area contributed by atoms with Gasteiger partial charge in [0, 0.05) is 22.9 Å². The molecule has 0 atom stereocenters. The number of nitrogens with zero attached hydrogens (tertiary/aromatic N) is 4. The number of halogens is 2. The van der Waals surface area contributed by atoms with Crippen molar-refractivity contribution in [2.45, 2.75) is 64.0 Å². The monoisotopic (exact) mass is 456 g/mol. The summed E-state index contributed by atoms with van der Waals surface area (Å²) < 4.78 is 29.5. The molecule has 0 amide bonds. The fourth-order valence-corrected chi connectivity index (χ4v) is 3.83. The van der Waals surface area contributed by atoms with Crippen molar-refractivity contribution in [3.63, 3.8) is 0 Å². The summed E-state index contributed by atoms with van der Waals surface area (Å²) in [5.74, 6) is 6.07. The molecule has 0 saturated heterocycles. The van der Waals surface area contributed by atoms with Crippen molar-refractivity contribution in [2.24, 2.45) is 16.7 Å². The molecule has 9 heteroatoms. The molecule has 2 heterocycles. The van der Waals surface area contributed by atoms with E-state index in [9.17, 15) is 13.9 Å². The van der Waals surface area contributed by atoms with E-state index in [1.165, 1.54) is 17.3 Å². The lowest BCUT2D eigenvalue weighted by molar-refractivity contribution is 0.0689. The molecule has 1 aromatic carbocycles. The number of benzene rings is 1. The molecule has 1 saturated carbocycles. The Bertz CT molecular complexity index is 1160. The summed E-state index contributed by atoms with van der Waals surface area (Å²) >= 11 is 0. The van der Waals surface area contributed by atoms with E-state index >= 15 is 0 Å². The standard InChI is InChI=1S/C24H30F2N6O/c1-24(2,33)10-3-4-15-9-11-31-20(14-29-21(31)12-15)19-13-16(5-8-18(19)22(25)26)23(27)30-32(28)17-6-7-17/h5,8-9,11-14,17,22,33H,3-4,6-7,10,28H2,1-2H3,(H2,27,30). The Balaban J connectivity index is 1.66. The van der Waals surface area contributed by atoms with Crippen LogP contribution in [0.25, 0.3) is 16.9 Å². The molecule has 3 aromatic rings. The largest absolute Gasteiger partial charge is 0.390 e. The minimum absolute atomic E-state index is 0.102. The van der Waals surface area contributed by atoms with Crippen LogP contribution in [0, 0.1) is 0 Å². The first-order chi connectivity index (χ1) is 15.6. The van der Waals surface area contributed by atoms with E-state index in [2.05, 4.69) is 10.1 Å². The molecule has 0 radical (unpaired) electrons. The van der Waals surface area contributed by atoms with E-state index < -0.39 is 12.0 Å². The Morgan fingerprint density at radius 3 is 2.73 bits per heavy atom. The number of amidine groups is 1. The predicted octanol–water partition coefficient (Wildman–Crippen LogP) is 3.99. The minimum Gasteiger partial charge on any atom is -0.390 e. The fraction of sp³-hybridized carbons (Fsp3) is 0.417. The quantitative estimate of drug-likeness (QED) is 0.195. The van der Waals surface area contributed by atoms with E-state index in [0.29, 0.717) is 28.9 Å². The molecule has 0 spiro atoms. The highest BCUT2D eigenvalue weighted by atomic mass is 19.3. The topological polar surface area (TPSA) is 105 Å². The summed E-state index contributed by atoms with van der Waals surface area (Å²) in [6.07, 6.45) is 5.02. The zero-order valence-corrected chi connectivity index (χ0v) is 18.9. The van der Waals surface area contributed by atoms with Gasteiger partial charge in [-0.3, -0.25) is 4.40 Å². The smallest absolute Gasteiger partial charge is 0.264 e. The highest BCUT2D eigenvalue weighted by Crippen LogP contribution is 2.33. The lowest BCUT2D eigenvalue weighted by Crippen LogP contribution is -2.31. The van der Waals surface area contributed by atoms with Crippen LogP contribution in [0.5, 0.6) is 0 Å². The molecule has 1 fully saturated rings. The SMILES string of the molecule is CC(C)(O)CCCc1ccn2c(-c3cc(/C(N)=N/N(N)C4CC4)ccc3C(F)F)cnc2c1. The maximum absolute atomic E-state index is 13.8. The summed E-state index contributed by atoms with van der Waals surface area (Å²) in [4.78, 5) is 4.45. The van der Waals surface area contributed by atoms with Gasteiger partial charge in [0.25, 0.3) is 6.43 Å². The number of rotatable bonds is 9. The molecule has 0 unspecified atom stereocenters. The van der Waals surface area contributed by atoms with E-state index in [4.69, 9.17) is 11.6 Å². The van der Waals surface area contributed by atoms with Crippen molar-refractivity contribution in [2.75, 3.05) is 0 Å². The highest BCUT2D eigenvalue weighted by Gasteiger charge is 2.27. The van der Waals surface area contributed by atoms with Crippen LogP contribution in [0.2, 0.25) is 0 Å². The summed E-state index contributed by atoms with van der Waals surface area (Å²) in [7, 11) is 0. The second-order valence-electron chi connectivity index (χ2n) is 9.27. The molecule has 176 valence electrons.